The van der Waals surface area contributed by atoms with Crippen molar-refractivity contribution in [2.45, 2.75) is 50.8 Å². The molecule has 1 aromatic rings. The first-order valence-corrected chi connectivity index (χ1v) is 7.07. The summed E-state index contributed by atoms with van der Waals surface area (Å²) in [4.78, 5) is 0. The standard InChI is InChI=1S/C15H20F3NO/c16-15(17,18)13-10-11(8-9-19)6-7-14(13)20-12-4-2-1-3-5-12/h6-7,10,12H,1-5,8-9,19H2. The molecule has 1 aliphatic rings. The van der Waals surface area contributed by atoms with Gasteiger partial charge in [-0.1, -0.05) is 12.5 Å². The molecule has 1 saturated carbocycles. The average molecular weight is 287 g/mol. The molecule has 112 valence electrons. The van der Waals surface area contributed by atoms with E-state index in [2.05, 4.69) is 0 Å². The minimum Gasteiger partial charge on any atom is -0.490 e. The predicted molar refractivity (Wildman–Crippen MR) is 71.7 cm³/mol. The van der Waals surface area contributed by atoms with Crippen LogP contribution < -0.4 is 10.5 Å². The van der Waals surface area contributed by atoms with E-state index >= 15 is 0 Å². The lowest BCUT2D eigenvalue weighted by molar-refractivity contribution is -0.139. The molecule has 2 nitrogen and oxygen atoms in total. The fourth-order valence-corrected chi connectivity index (χ4v) is 2.59. The van der Waals surface area contributed by atoms with Crippen LogP contribution in [-0.2, 0) is 12.6 Å². The molecule has 2 N–H and O–H groups in total. The van der Waals surface area contributed by atoms with Crippen molar-refractivity contribution in [3.63, 3.8) is 0 Å². The van der Waals surface area contributed by atoms with Crippen molar-refractivity contribution in [2.24, 2.45) is 5.73 Å². The first-order valence-electron chi connectivity index (χ1n) is 7.07. The molecular weight excluding hydrogens is 267 g/mol. The first-order chi connectivity index (χ1) is 9.50. The lowest BCUT2D eigenvalue weighted by atomic mass is 9.97. The second-order valence-electron chi connectivity index (χ2n) is 5.24. The van der Waals surface area contributed by atoms with Crippen LogP contribution in [0.25, 0.3) is 0 Å². The maximum absolute atomic E-state index is 13.1. The third-order valence-electron chi connectivity index (χ3n) is 3.63. The highest BCUT2D eigenvalue weighted by Gasteiger charge is 2.35. The van der Waals surface area contributed by atoms with E-state index in [1.54, 1.807) is 6.07 Å². The maximum Gasteiger partial charge on any atom is 0.419 e. The zero-order valence-corrected chi connectivity index (χ0v) is 11.4. The van der Waals surface area contributed by atoms with Crippen LogP contribution in [0.1, 0.15) is 43.2 Å². The summed E-state index contributed by atoms with van der Waals surface area (Å²) in [6.07, 6.45) is 0.811. The Balaban J connectivity index is 2.21. The molecule has 20 heavy (non-hydrogen) atoms. The number of nitrogens with two attached hydrogens (primary N) is 1. The van der Waals surface area contributed by atoms with Gasteiger partial charge in [-0.25, -0.2) is 0 Å². The summed E-state index contributed by atoms with van der Waals surface area (Å²) in [5.41, 5.74) is 5.30. The quantitative estimate of drug-likeness (QED) is 0.911. The molecule has 0 unspecified atom stereocenters. The van der Waals surface area contributed by atoms with Gasteiger partial charge < -0.3 is 10.5 Å². The highest BCUT2D eigenvalue weighted by Crippen LogP contribution is 2.38. The van der Waals surface area contributed by atoms with E-state index in [0.717, 1.165) is 38.2 Å². The molecule has 0 heterocycles. The third-order valence-corrected chi connectivity index (χ3v) is 3.63. The molecule has 0 saturated heterocycles. The van der Waals surface area contributed by atoms with Crippen LogP contribution in [0.4, 0.5) is 13.2 Å². The largest absolute Gasteiger partial charge is 0.490 e. The van der Waals surface area contributed by atoms with Crippen LogP contribution in [0, 0.1) is 0 Å². The van der Waals surface area contributed by atoms with Crippen molar-refractivity contribution in [1.29, 1.82) is 0 Å². The summed E-state index contributed by atoms with van der Waals surface area (Å²) < 4.78 is 44.9. The van der Waals surface area contributed by atoms with Gasteiger partial charge in [0.2, 0.25) is 0 Å². The fourth-order valence-electron chi connectivity index (χ4n) is 2.59. The second-order valence-corrected chi connectivity index (χ2v) is 5.24. The number of alkyl halides is 3. The Kier molecular flexibility index (Phi) is 4.91. The number of hydrogen-bond donors (Lipinski definition) is 1. The van der Waals surface area contributed by atoms with E-state index in [4.69, 9.17) is 10.5 Å². The van der Waals surface area contributed by atoms with E-state index in [1.165, 1.54) is 6.07 Å². The number of rotatable bonds is 4. The highest BCUT2D eigenvalue weighted by atomic mass is 19.4. The average Bonchev–Trinajstić information content (AvgIpc) is 2.41. The van der Waals surface area contributed by atoms with Gasteiger partial charge in [0.15, 0.2) is 0 Å². The van der Waals surface area contributed by atoms with Crippen molar-refractivity contribution in [3.8, 4) is 5.75 Å². The molecule has 0 bridgehead atoms. The molecule has 0 aromatic heterocycles. The van der Waals surface area contributed by atoms with Crippen molar-refractivity contribution < 1.29 is 17.9 Å². The molecule has 5 heteroatoms. The highest BCUT2D eigenvalue weighted by molar-refractivity contribution is 5.39. The van der Waals surface area contributed by atoms with E-state index < -0.39 is 11.7 Å². The maximum atomic E-state index is 13.1. The molecule has 0 spiro atoms. The van der Waals surface area contributed by atoms with Gasteiger partial charge in [-0.05, 0) is 56.3 Å². The van der Waals surface area contributed by atoms with Crippen LogP contribution >= 0.6 is 0 Å². The van der Waals surface area contributed by atoms with Gasteiger partial charge in [0.25, 0.3) is 0 Å². The molecule has 0 amide bonds. The summed E-state index contributed by atoms with van der Waals surface area (Å²) >= 11 is 0. The van der Waals surface area contributed by atoms with Gasteiger partial charge in [-0.15, -0.1) is 0 Å². The summed E-state index contributed by atoms with van der Waals surface area (Å²) in [6, 6.07) is 4.26. The third kappa shape index (κ3) is 3.88. The van der Waals surface area contributed by atoms with Gasteiger partial charge >= 0.3 is 6.18 Å². The minimum absolute atomic E-state index is 0.0508. The minimum atomic E-state index is -4.39. The fraction of sp³-hybridized carbons (Fsp3) is 0.600. The lowest BCUT2D eigenvalue weighted by Gasteiger charge is -2.25. The van der Waals surface area contributed by atoms with Crippen molar-refractivity contribution in [3.05, 3.63) is 29.3 Å². The molecule has 2 rings (SSSR count). The second kappa shape index (κ2) is 6.48. The van der Waals surface area contributed by atoms with Crippen LogP contribution in [0.15, 0.2) is 18.2 Å². The summed E-state index contributed by atoms with van der Waals surface area (Å²) in [6.45, 7) is 0.333. The van der Waals surface area contributed by atoms with Gasteiger partial charge in [0.05, 0.1) is 11.7 Å². The van der Waals surface area contributed by atoms with E-state index in [-0.39, 0.29) is 11.9 Å². The summed E-state index contributed by atoms with van der Waals surface area (Å²) in [5, 5.41) is 0. The van der Waals surface area contributed by atoms with Crippen molar-refractivity contribution in [2.75, 3.05) is 6.54 Å². The van der Waals surface area contributed by atoms with Gasteiger partial charge in [0, 0.05) is 0 Å². The molecular formula is C15H20F3NO. The Labute approximate surface area is 117 Å². The monoisotopic (exact) mass is 287 g/mol. The van der Waals surface area contributed by atoms with Crippen LogP contribution in [0.5, 0.6) is 5.75 Å². The topological polar surface area (TPSA) is 35.2 Å². The first kappa shape index (κ1) is 15.2. The van der Waals surface area contributed by atoms with Crippen LogP contribution in [0.3, 0.4) is 0 Å². The number of ether oxygens (including phenoxy) is 1. The Bertz CT molecular complexity index is 439. The Morgan fingerprint density at radius 2 is 1.85 bits per heavy atom. The molecule has 1 fully saturated rings. The summed E-state index contributed by atoms with van der Waals surface area (Å²) in [7, 11) is 0. The Morgan fingerprint density at radius 1 is 1.15 bits per heavy atom. The predicted octanol–water partition coefficient (Wildman–Crippen LogP) is 3.92. The van der Waals surface area contributed by atoms with Crippen LogP contribution in [-0.4, -0.2) is 12.6 Å². The molecule has 0 atom stereocenters. The SMILES string of the molecule is NCCc1ccc(OC2CCCCC2)c(C(F)(F)F)c1. The molecule has 1 aromatic carbocycles. The van der Waals surface area contributed by atoms with Gasteiger partial charge in [0.1, 0.15) is 5.75 Å². The normalized spacial score (nSPS) is 17.2. The van der Waals surface area contributed by atoms with Gasteiger partial charge in [-0.2, -0.15) is 13.2 Å². The van der Waals surface area contributed by atoms with Crippen LogP contribution in [0.2, 0.25) is 0 Å². The smallest absolute Gasteiger partial charge is 0.419 e. The number of benzene rings is 1. The van der Waals surface area contributed by atoms with Crippen molar-refractivity contribution >= 4 is 0 Å². The lowest BCUT2D eigenvalue weighted by Crippen LogP contribution is -2.21. The Morgan fingerprint density at radius 3 is 2.45 bits per heavy atom. The molecule has 0 aliphatic heterocycles. The molecule has 1 aliphatic carbocycles. The van der Waals surface area contributed by atoms with Crippen molar-refractivity contribution in [1.82, 2.24) is 0 Å². The van der Waals surface area contributed by atoms with E-state index in [0.29, 0.717) is 18.5 Å². The summed E-state index contributed by atoms with van der Waals surface area (Å²) in [5.74, 6) is -0.0508. The molecule has 0 radical (unpaired) electrons. The number of halogens is 3. The zero-order chi connectivity index (χ0) is 14.6. The zero-order valence-electron chi connectivity index (χ0n) is 11.4. The Hall–Kier alpha value is -1.23. The van der Waals surface area contributed by atoms with E-state index in [1.807, 2.05) is 0 Å². The van der Waals surface area contributed by atoms with E-state index in [9.17, 15) is 13.2 Å². The van der Waals surface area contributed by atoms with Gasteiger partial charge in [-0.3, -0.25) is 0 Å². The number of hydrogen-bond acceptors (Lipinski definition) is 2.